The molecule has 0 aliphatic rings. The highest BCUT2D eigenvalue weighted by molar-refractivity contribution is 5.87. The number of carbonyl (C=O) groups is 2. The number of carbonyl (C=O) groups excluding carboxylic acids is 2. The fourth-order valence-corrected chi connectivity index (χ4v) is 1.31. The molecule has 1 aromatic rings. The highest BCUT2D eigenvalue weighted by Crippen LogP contribution is 2.00. The molecule has 0 aliphatic heterocycles. The maximum absolute atomic E-state index is 11.3. The molecule has 0 bridgehead atoms. The van der Waals surface area contributed by atoms with Crippen LogP contribution in [0.3, 0.4) is 0 Å². The van der Waals surface area contributed by atoms with E-state index in [1.807, 2.05) is 36.4 Å². The summed E-state index contributed by atoms with van der Waals surface area (Å²) >= 11 is 0. The summed E-state index contributed by atoms with van der Waals surface area (Å²) in [4.78, 5) is 22.4. The molecule has 0 aromatic heterocycles. The summed E-state index contributed by atoms with van der Waals surface area (Å²) in [5.41, 5.74) is 1.36. The highest BCUT2D eigenvalue weighted by Gasteiger charge is 2.03. The zero-order valence-corrected chi connectivity index (χ0v) is 12.0. The van der Waals surface area contributed by atoms with E-state index in [1.165, 1.54) is 6.08 Å². The van der Waals surface area contributed by atoms with E-state index in [0.29, 0.717) is 5.57 Å². The first kappa shape index (κ1) is 16.4. The van der Waals surface area contributed by atoms with Crippen molar-refractivity contribution in [3.63, 3.8) is 0 Å². The Hall–Kier alpha value is -2.62. The largest absolute Gasteiger partial charge is 0.459 e. The molecule has 1 rings (SSSR count). The third-order valence-electron chi connectivity index (χ3n) is 2.34. The van der Waals surface area contributed by atoms with Crippen molar-refractivity contribution >= 4 is 18.0 Å². The number of hydrogen-bond acceptors (Lipinski definition) is 4. The molecule has 1 aromatic carbocycles. The van der Waals surface area contributed by atoms with Crippen LogP contribution in [0.15, 0.2) is 60.7 Å². The van der Waals surface area contributed by atoms with Crippen LogP contribution in [0.4, 0.5) is 0 Å². The summed E-state index contributed by atoms with van der Waals surface area (Å²) in [6, 6.07) is 9.72. The van der Waals surface area contributed by atoms with Crippen LogP contribution in [0.2, 0.25) is 0 Å². The molecule has 0 heterocycles. The molecule has 0 atom stereocenters. The molecule has 0 radical (unpaired) electrons. The van der Waals surface area contributed by atoms with Gasteiger partial charge in [-0.1, -0.05) is 55.1 Å². The van der Waals surface area contributed by atoms with Gasteiger partial charge in [-0.05, 0) is 12.5 Å². The van der Waals surface area contributed by atoms with Crippen molar-refractivity contribution in [1.29, 1.82) is 0 Å². The van der Waals surface area contributed by atoms with Crippen molar-refractivity contribution in [3.8, 4) is 0 Å². The van der Waals surface area contributed by atoms with Gasteiger partial charge in [0.15, 0.2) is 0 Å². The Kier molecular flexibility index (Phi) is 7.29. The van der Waals surface area contributed by atoms with Crippen molar-refractivity contribution in [1.82, 2.24) is 0 Å². The molecule has 0 aliphatic carbocycles. The first-order valence-corrected chi connectivity index (χ1v) is 6.49. The van der Waals surface area contributed by atoms with Gasteiger partial charge in [-0.2, -0.15) is 0 Å². The van der Waals surface area contributed by atoms with Crippen LogP contribution >= 0.6 is 0 Å². The van der Waals surface area contributed by atoms with Crippen molar-refractivity contribution in [3.05, 3.63) is 66.3 Å². The lowest BCUT2D eigenvalue weighted by molar-refractivity contribution is -0.146. The number of hydrogen-bond donors (Lipinski definition) is 0. The van der Waals surface area contributed by atoms with Gasteiger partial charge in [0, 0.05) is 11.6 Å². The molecule has 0 spiro atoms. The normalized spacial score (nSPS) is 10.7. The van der Waals surface area contributed by atoms with E-state index in [-0.39, 0.29) is 13.2 Å². The van der Waals surface area contributed by atoms with Crippen LogP contribution < -0.4 is 0 Å². The predicted octanol–water partition coefficient (Wildman–Crippen LogP) is 2.92. The second-order valence-corrected chi connectivity index (χ2v) is 4.21. The predicted molar refractivity (Wildman–Crippen MR) is 81.3 cm³/mol. The van der Waals surface area contributed by atoms with Gasteiger partial charge in [-0.3, -0.25) is 0 Å². The maximum atomic E-state index is 11.3. The van der Waals surface area contributed by atoms with E-state index in [4.69, 9.17) is 9.47 Å². The molecular weight excluding hydrogens is 268 g/mol. The summed E-state index contributed by atoms with van der Waals surface area (Å²) in [6.07, 6.45) is 6.52. The van der Waals surface area contributed by atoms with Crippen LogP contribution in [-0.2, 0) is 19.1 Å². The van der Waals surface area contributed by atoms with Crippen molar-refractivity contribution < 1.29 is 19.1 Å². The van der Waals surface area contributed by atoms with Crippen LogP contribution in [0.1, 0.15) is 12.5 Å². The quantitative estimate of drug-likeness (QED) is 0.335. The minimum Gasteiger partial charge on any atom is -0.459 e. The smallest absolute Gasteiger partial charge is 0.333 e. The molecule has 0 unspecified atom stereocenters. The number of allylic oxidation sites excluding steroid dienone is 2. The maximum Gasteiger partial charge on any atom is 0.333 e. The lowest BCUT2D eigenvalue weighted by atomic mass is 10.2. The SMILES string of the molecule is C=C(C)C(=O)OCCOC(=O)/C=C/C=C/c1ccccc1. The van der Waals surface area contributed by atoms with Crippen LogP contribution in [0.5, 0.6) is 0 Å². The van der Waals surface area contributed by atoms with Gasteiger partial charge < -0.3 is 9.47 Å². The van der Waals surface area contributed by atoms with E-state index in [9.17, 15) is 9.59 Å². The zero-order valence-electron chi connectivity index (χ0n) is 12.0. The van der Waals surface area contributed by atoms with Crippen LogP contribution in [0.25, 0.3) is 6.08 Å². The third-order valence-corrected chi connectivity index (χ3v) is 2.34. The molecular formula is C17H18O4. The zero-order chi connectivity index (χ0) is 15.5. The Morgan fingerprint density at radius 3 is 2.43 bits per heavy atom. The van der Waals surface area contributed by atoms with Gasteiger partial charge >= 0.3 is 11.9 Å². The number of ether oxygens (including phenoxy) is 2. The Bertz CT molecular complexity index is 541. The summed E-state index contributed by atoms with van der Waals surface area (Å²) in [5, 5.41) is 0. The second-order valence-electron chi connectivity index (χ2n) is 4.21. The first-order valence-electron chi connectivity index (χ1n) is 6.49. The summed E-state index contributed by atoms with van der Waals surface area (Å²) in [5.74, 6) is -0.980. The highest BCUT2D eigenvalue weighted by atomic mass is 16.6. The third kappa shape index (κ3) is 7.52. The van der Waals surface area contributed by atoms with Gasteiger partial charge in [-0.15, -0.1) is 0 Å². The van der Waals surface area contributed by atoms with E-state index in [1.54, 1.807) is 19.1 Å². The van der Waals surface area contributed by atoms with Crippen LogP contribution in [0, 0.1) is 0 Å². The summed E-state index contributed by atoms with van der Waals surface area (Å²) < 4.78 is 9.64. The summed E-state index contributed by atoms with van der Waals surface area (Å²) in [7, 11) is 0. The number of rotatable bonds is 7. The Labute approximate surface area is 124 Å². The van der Waals surface area contributed by atoms with Crippen molar-refractivity contribution in [2.45, 2.75) is 6.92 Å². The second kappa shape index (κ2) is 9.31. The van der Waals surface area contributed by atoms with E-state index in [2.05, 4.69) is 6.58 Å². The standard InChI is InChI=1S/C17H18O4/c1-14(2)17(19)21-13-12-20-16(18)11-7-6-10-15-8-4-3-5-9-15/h3-11H,1,12-13H2,2H3/b10-6+,11-7+. The fraction of sp³-hybridized carbons (Fsp3) is 0.176. The van der Waals surface area contributed by atoms with E-state index >= 15 is 0 Å². The van der Waals surface area contributed by atoms with E-state index < -0.39 is 11.9 Å². The molecule has 0 N–H and O–H groups in total. The average Bonchev–Trinajstić information content (AvgIpc) is 2.49. The fourth-order valence-electron chi connectivity index (χ4n) is 1.31. The van der Waals surface area contributed by atoms with Gasteiger partial charge in [0.25, 0.3) is 0 Å². The molecule has 110 valence electrons. The Balaban J connectivity index is 2.21. The van der Waals surface area contributed by atoms with Gasteiger partial charge in [0.1, 0.15) is 13.2 Å². The minimum absolute atomic E-state index is 0.0184. The number of esters is 2. The lowest BCUT2D eigenvalue weighted by Gasteiger charge is -2.03. The van der Waals surface area contributed by atoms with Crippen LogP contribution in [-0.4, -0.2) is 25.2 Å². The Morgan fingerprint density at radius 2 is 1.76 bits per heavy atom. The van der Waals surface area contributed by atoms with Crippen molar-refractivity contribution in [2.75, 3.05) is 13.2 Å². The monoisotopic (exact) mass is 286 g/mol. The Morgan fingerprint density at radius 1 is 1.10 bits per heavy atom. The van der Waals surface area contributed by atoms with E-state index in [0.717, 1.165) is 5.56 Å². The van der Waals surface area contributed by atoms with Crippen molar-refractivity contribution in [2.24, 2.45) is 0 Å². The lowest BCUT2D eigenvalue weighted by Crippen LogP contribution is -2.12. The molecule has 21 heavy (non-hydrogen) atoms. The molecule has 0 fully saturated rings. The molecule has 4 nitrogen and oxygen atoms in total. The molecule has 0 amide bonds. The topological polar surface area (TPSA) is 52.6 Å². The number of benzene rings is 1. The van der Waals surface area contributed by atoms with Gasteiger partial charge in [0.2, 0.25) is 0 Å². The molecule has 4 heteroatoms. The average molecular weight is 286 g/mol. The first-order chi connectivity index (χ1) is 10.1. The molecule has 0 saturated heterocycles. The van der Waals surface area contributed by atoms with Gasteiger partial charge in [0.05, 0.1) is 0 Å². The minimum atomic E-state index is -0.493. The summed E-state index contributed by atoms with van der Waals surface area (Å²) in [6.45, 7) is 5.03. The molecule has 0 saturated carbocycles. The van der Waals surface area contributed by atoms with Gasteiger partial charge in [-0.25, -0.2) is 9.59 Å².